The number of ether oxygens (including phenoxy) is 3. The third-order valence-corrected chi connectivity index (χ3v) is 8.98. The van der Waals surface area contributed by atoms with Gasteiger partial charge in [0, 0.05) is 23.7 Å². The molecule has 30 heavy (non-hydrogen) atoms. The van der Waals surface area contributed by atoms with Gasteiger partial charge in [-0.25, -0.2) is 0 Å². The van der Waals surface area contributed by atoms with Crippen molar-refractivity contribution in [3.63, 3.8) is 0 Å². The number of hydrogen-bond donors (Lipinski definition) is 1. The molecule has 0 amide bonds. The van der Waals surface area contributed by atoms with Gasteiger partial charge in [-0.05, 0) is 50.9 Å². The second kappa shape index (κ2) is 6.30. The molecule has 1 aliphatic heterocycles. The number of nitrogens with one attached hydrogen (secondary N) is 1. The van der Waals surface area contributed by atoms with Crippen LogP contribution >= 0.6 is 0 Å². The lowest BCUT2D eigenvalue weighted by molar-refractivity contribution is -0.186. The first-order chi connectivity index (χ1) is 14.4. The molecule has 6 saturated carbocycles. The normalized spacial score (nSPS) is 49.4. The van der Waals surface area contributed by atoms with Gasteiger partial charge in [0.15, 0.2) is 5.90 Å². The zero-order chi connectivity index (χ0) is 20.8. The SMILES string of the molecule is CCCOC(=N)C1C2CC3C(OC(=O)C31)C2OC(=O)C12CC3CC(C1)C(=O)[C@H](C3)C2. The van der Waals surface area contributed by atoms with E-state index in [1.807, 2.05) is 6.92 Å². The maximum absolute atomic E-state index is 13.5. The highest BCUT2D eigenvalue weighted by atomic mass is 16.6. The molecule has 7 fully saturated rings. The van der Waals surface area contributed by atoms with Crippen molar-refractivity contribution in [1.82, 2.24) is 0 Å². The minimum absolute atomic E-state index is 0.00816. The molecular formula is C23H29NO6. The van der Waals surface area contributed by atoms with Crippen LogP contribution in [0.3, 0.4) is 0 Å². The summed E-state index contributed by atoms with van der Waals surface area (Å²) in [6, 6.07) is 0. The molecule has 0 aromatic carbocycles. The number of Topliss-reactive ketones (excluding diaryl/α,β-unsaturated/α-hetero) is 1. The molecule has 7 rings (SSSR count). The van der Waals surface area contributed by atoms with Crippen LogP contribution in [0.1, 0.15) is 51.9 Å². The van der Waals surface area contributed by atoms with Crippen LogP contribution in [-0.2, 0) is 28.6 Å². The van der Waals surface area contributed by atoms with Crippen LogP contribution in [-0.4, -0.2) is 42.4 Å². The molecule has 1 saturated heterocycles. The molecule has 10 atom stereocenters. The van der Waals surface area contributed by atoms with Gasteiger partial charge in [-0.1, -0.05) is 6.92 Å². The number of rotatable bonds is 5. The van der Waals surface area contributed by atoms with Crippen molar-refractivity contribution in [2.75, 3.05) is 6.61 Å². The molecule has 0 aromatic rings. The first kappa shape index (κ1) is 18.8. The fourth-order valence-corrected chi connectivity index (χ4v) is 8.06. The summed E-state index contributed by atoms with van der Waals surface area (Å²) >= 11 is 0. The Bertz CT molecular complexity index is 820. The predicted octanol–water partition coefficient (Wildman–Crippen LogP) is 2.50. The smallest absolute Gasteiger partial charge is 0.312 e. The lowest BCUT2D eigenvalue weighted by atomic mass is 9.49. The number of carbonyl (C=O) groups excluding carboxylic acids is 3. The summed E-state index contributed by atoms with van der Waals surface area (Å²) in [6.07, 6.45) is 4.55. The molecule has 1 heterocycles. The molecule has 0 spiro atoms. The second-order valence-electron chi connectivity index (χ2n) is 10.6. The van der Waals surface area contributed by atoms with Crippen LogP contribution in [0.4, 0.5) is 0 Å². The van der Waals surface area contributed by atoms with Gasteiger partial charge >= 0.3 is 11.9 Å². The van der Waals surface area contributed by atoms with Crippen molar-refractivity contribution in [3.05, 3.63) is 0 Å². The van der Waals surface area contributed by atoms with E-state index in [-0.39, 0.29) is 59.4 Å². The van der Waals surface area contributed by atoms with E-state index in [1.165, 1.54) is 0 Å². The molecule has 6 aliphatic carbocycles. The van der Waals surface area contributed by atoms with Crippen LogP contribution in [0.5, 0.6) is 0 Å². The summed E-state index contributed by atoms with van der Waals surface area (Å²) < 4.78 is 17.4. The Kier molecular flexibility index (Phi) is 3.95. The summed E-state index contributed by atoms with van der Waals surface area (Å²) in [7, 11) is 0. The number of fused-ring (bicyclic) bond motifs is 1. The molecular weight excluding hydrogens is 386 g/mol. The van der Waals surface area contributed by atoms with E-state index in [9.17, 15) is 14.4 Å². The van der Waals surface area contributed by atoms with E-state index in [1.54, 1.807) is 0 Å². The van der Waals surface area contributed by atoms with Crippen molar-refractivity contribution in [1.29, 1.82) is 5.41 Å². The molecule has 6 bridgehead atoms. The van der Waals surface area contributed by atoms with Gasteiger partial charge < -0.3 is 14.2 Å². The predicted molar refractivity (Wildman–Crippen MR) is 103 cm³/mol. The lowest BCUT2D eigenvalue weighted by Crippen LogP contribution is -2.56. The molecule has 7 nitrogen and oxygen atoms in total. The highest BCUT2D eigenvalue weighted by Crippen LogP contribution is 2.62. The summed E-state index contributed by atoms with van der Waals surface area (Å²) in [6.45, 7) is 2.43. The quantitative estimate of drug-likeness (QED) is 0.420. The fraction of sp³-hybridized carbons (Fsp3) is 0.826. The van der Waals surface area contributed by atoms with Gasteiger partial charge in [0.25, 0.3) is 0 Å². The summed E-state index contributed by atoms with van der Waals surface area (Å²) in [5.74, 6) is -0.301. The molecule has 0 radical (unpaired) electrons. The number of carbonyl (C=O) groups is 3. The summed E-state index contributed by atoms with van der Waals surface area (Å²) in [5.41, 5.74) is -0.546. The number of hydrogen-bond acceptors (Lipinski definition) is 7. The van der Waals surface area contributed by atoms with E-state index in [0.29, 0.717) is 31.1 Å². The fourth-order valence-electron chi connectivity index (χ4n) is 8.06. The van der Waals surface area contributed by atoms with E-state index in [2.05, 4.69) is 0 Å². The lowest BCUT2D eigenvalue weighted by Gasteiger charge is -2.54. The Hall–Kier alpha value is -1.92. The molecule has 162 valence electrons. The van der Waals surface area contributed by atoms with E-state index in [4.69, 9.17) is 19.6 Å². The zero-order valence-electron chi connectivity index (χ0n) is 17.3. The molecule has 7 heteroatoms. The minimum Gasteiger partial charge on any atom is -0.481 e. The first-order valence-corrected chi connectivity index (χ1v) is 11.6. The summed E-state index contributed by atoms with van der Waals surface area (Å²) in [4.78, 5) is 38.5. The Morgan fingerprint density at radius 1 is 1.13 bits per heavy atom. The highest BCUT2D eigenvalue weighted by molar-refractivity contribution is 5.90. The van der Waals surface area contributed by atoms with Crippen LogP contribution in [0.2, 0.25) is 0 Å². The average Bonchev–Trinajstić information content (AvgIpc) is 3.33. The molecule has 9 unspecified atom stereocenters. The Labute approximate surface area is 175 Å². The Morgan fingerprint density at radius 3 is 2.57 bits per heavy atom. The topological polar surface area (TPSA) is 103 Å². The third-order valence-electron chi connectivity index (χ3n) is 8.98. The number of esters is 2. The van der Waals surface area contributed by atoms with Gasteiger partial charge in [-0.15, -0.1) is 0 Å². The van der Waals surface area contributed by atoms with Gasteiger partial charge in [0.2, 0.25) is 0 Å². The monoisotopic (exact) mass is 415 g/mol. The van der Waals surface area contributed by atoms with Crippen LogP contribution in [0.25, 0.3) is 0 Å². The van der Waals surface area contributed by atoms with Crippen molar-refractivity contribution in [3.8, 4) is 0 Å². The summed E-state index contributed by atoms with van der Waals surface area (Å²) in [5, 5.41) is 8.41. The second-order valence-corrected chi connectivity index (χ2v) is 10.6. The van der Waals surface area contributed by atoms with Gasteiger partial charge in [0.1, 0.15) is 18.0 Å². The maximum atomic E-state index is 13.5. The van der Waals surface area contributed by atoms with Gasteiger partial charge in [0.05, 0.1) is 23.9 Å². The highest BCUT2D eigenvalue weighted by Gasteiger charge is 2.70. The maximum Gasteiger partial charge on any atom is 0.312 e. The molecule has 0 aromatic heterocycles. The van der Waals surface area contributed by atoms with E-state index in [0.717, 1.165) is 32.1 Å². The van der Waals surface area contributed by atoms with Crippen LogP contribution < -0.4 is 0 Å². The standard InChI is InChI=1S/C23H29NO6/c1-2-3-28-20(24)15-13-6-14-16(15)21(26)29-18(14)19(13)30-22(27)23-7-10-4-11(8-23)17(25)12(5-10)9-23/h10-16,18-19,24H,2-9H2,1H3/t10?,11-,12?,13?,14?,15?,16?,18?,19?,23?/m1/s1. The van der Waals surface area contributed by atoms with Gasteiger partial charge in [-0.2, -0.15) is 0 Å². The number of ketones is 1. The zero-order valence-corrected chi connectivity index (χ0v) is 17.3. The Balaban J connectivity index is 1.23. The molecule has 7 aliphatic rings. The van der Waals surface area contributed by atoms with Crippen LogP contribution in [0, 0.1) is 52.2 Å². The third kappa shape index (κ3) is 2.38. The van der Waals surface area contributed by atoms with Crippen LogP contribution in [0.15, 0.2) is 0 Å². The first-order valence-electron chi connectivity index (χ1n) is 11.6. The van der Waals surface area contributed by atoms with Crippen molar-refractivity contribution in [2.24, 2.45) is 46.8 Å². The van der Waals surface area contributed by atoms with E-state index < -0.39 is 11.5 Å². The van der Waals surface area contributed by atoms with Gasteiger partial charge in [-0.3, -0.25) is 19.8 Å². The van der Waals surface area contributed by atoms with Crippen molar-refractivity contribution >= 4 is 23.6 Å². The van der Waals surface area contributed by atoms with Crippen molar-refractivity contribution in [2.45, 2.75) is 64.1 Å². The molecule has 1 N–H and O–H groups in total. The van der Waals surface area contributed by atoms with Crippen molar-refractivity contribution < 1.29 is 28.6 Å². The minimum atomic E-state index is -0.546. The average molecular weight is 415 g/mol. The largest absolute Gasteiger partial charge is 0.481 e. The van der Waals surface area contributed by atoms with E-state index >= 15 is 0 Å². The Morgan fingerprint density at radius 2 is 1.87 bits per heavy atom.